The zero-order valence-corrected chi connectivity index (χ0v) is 10.7. The molecule has 0 saturated heterocycles. The molecule has 0 amide bonds. The summed E-state index contributed by atoms with van der Waals surface area (Å²) in [5.41, 5.74) is 0.422. The zero-order valence-electron chi connectivity index (χ0n) is 10.7. The molecule has 0 aliphatic rings. The van der Waals surface area contributed by atoms with Crippen LogP contribution in [0, 0.1) is 5.82 Å². The summed E-state index contributed by atoms with van der Waals surface area (Å²) in [6, 6.07) is 7.90. The van der Waals surface area contributed by atoms with Crippen molar-refractivity contribution < 1.29 is 35.8 Å². The topological polar surface area (TPSA) is 18.5 Å². The van der Waals surface area contributed by atoms with Gasteiger partial charge in [-0.25, -0.2) is 4.39 Å². The number of alkyl halides is 5. The summed E-state index contributed by atoms with van der Waals surface area (Å²) in [6.45, 7) is -3.22. The van der Waals surface area contributed by atoms with Crippen LogP contribution >= 0.6 is 0 Å². The van der Waals surface area contributed by atoms with E-state index < -0.39 is 30.3 Å². The zero-order chi connectivity index (χ0) is 16.3. The summed E-state index contributed by atoms with van der Waals surface area (Å²) in [5.74, 6) is -2.19. The minimum Gasteiger partial charge on any atom is -0.432 e. The van der Waals surface area contributed by atoms with Gasteiger partial charge in [0.1, 0.15) is 5.75 Å². The van der Waals surface area contributed by atoms with Crippen LogP contribution in [0.1, 0.15) is 0 Å². The van der Waals surface area contributed by atoms with Crippen molar-refractivity contribution in [2.45, 2.75) is 13.0 Å². The lowest BCUT2D eigenvalue weighted by Crippen LogP contribution is -2.17. The van der Waals surface area contributed by atoms with Crippen molar-refractivity contribution in [2.75, 3.05) is 0 Å². The van der Waals surface area contributed by atoms with E-state index in [1.807, 2.05) is 0 Å². The Morgan fingerprint density at radius 2 is 1.59 bits per heavy atom. The highest BCUT2D eigenvalue weighted by atomic mass is 19.4. The van der Waals surface area contributed by atoms with Crippen LogP contribution in [0.25, 0.3) is 11.1 Å². The second kappa shape index (κ2) is 6.17. The predicted octanol–water partition coefficient (Wildman–Crippen LogP) is 4.99. The number of hydrogen-bond donors (Lipinski definition) is 0. The molecule has 0 aliphatic heterocycles. The summed E-state index contributed by atoms with van der Waals surface area (Å²) in [5, 5.41) is 0. The first-order valence-electron chi connectivity index (χ1n) is 5.85. The normalized spacial score (nSPS) is 11.6. The van der Waals surface area contributed by atoms with Crippen molar-refractivity contribution in [3.05, 3.63) is 48.3 Å². The SMILES string of the molecule is Fc1ccc(-c2cccc(OC(F)(F)F)c2)cc1OC(F)F. The molecule has 2 nitrogen and oxygen atoms in total. The number of halogens is 6. The maximum Gasteiger partial charge on any atom is 0.573 e. The first kappa shape index (κ1) is 16.0. The minimum absolute atomic E-state index is 0.199. The van der Waals surface area contributed by atoms with Gasteiger partial charge >= 0.3 is 13.0 Å². The third-order valence-electron chi connectivity index (χ3n) is 2.55. The predicted molar refractivity (Wildman–Crippen MR) is 65.2 cm³/mol. The maximum absolute atomic E-state index is 13.3. The Kier molecular flexibility index (Phi) is 4.48. The van der Waals surface area contributed by atoms with E-state index >= 15 is 0 Å². The van der Waals surface area contributed by atoms with Gasteiger partial charge in [0.25, 0.3) is 0 Å². The third kappa shape index (κ3) is 4.31. The Labute approximate surface area is 120 Å². The fraction of sp³-hybridized carbons (Fsp3) is 0.143. The quantitative estimate of drug-likeness (QED) is 0.738. The van der Waals surface area contributed by atoms with Crippen LogP contribution in [0.15, 0.2) is 42.5 Å². The average molecular weight is 322 g/mol. The molecule has 0 N–H and O–H groups in total. The number of rotatable bonds is 4. The first-order valence-corrected chi connectivity index (χ1v) is 5.85. The van der Waals surface area contributed by atoms with Crippen LogP contribution in [-0.4, -0.2) is 13.0 Å². The lowest BCUT2D eigenvalue weighted by atomic mass is 10.1. The lowest BCUT2D eigenvalue weighted by Gasteiger charge is -2.11. The van der Waals surface area contributed by atoms with E-state index in [0.29, 0.717) is 0 Å². The molecular formula is C14H8F6O2. The van der Waals surface area contributed by atoms with Gasteiger partial charge in [0.15, 0.2) is 11.6 Å². The molecule has 0 spiro atoms. The number of hydrogen-bond acceptors (Lipinski definition) is 2. The Balaban J connectivity index is 2.33. The van der Waals surface area contributed by atoms with Gasteiger partial charge in [0.05, 0.1) is 0 Å². The highest BCUT2D eigenvalue weighted by Crippen LogP contribution is 2.31. The van der Waals surface area contributed by atoms with Gasteiger partial charge in [-0.2, -0.15) is 8.78 Å². The monoisotopic (exact) mass is 322 g/mol. The summed E-state index contributed by atoms with van der Waals surface area (Å²) < 4.78 is 81.9. The molecular weight excluding hydrogens is 314 g/mol. The fourth-order valence-corrected chi connectivity index (χ4v) is 1.74. The molecule has 0 unspecified atom stereocenters. The molecule has 0 atom stereocenters. The summed E-state index contributed by atoms with van der Waals surface area (Å²) >= 11 is 0. The molecule has 22 heavy (non-hydrogen) atoms. The molecule has 2 aromatic carbocycles. The van der Waals surface area contributed by atoms with Crippen molar-refractivity contribution >= 4 is 0 Å². The van der Waals surface area contributed by atoms with Crippen LogP contribution in [0.3, 0.4) is 0 Å². The molecule has 0 radical (unpaired) electrons. The van der Waals surface area contributed by atoms with E-state index in [0.717, 1.165) is 24.3 Å². The molecule has 0 aromatic heterocycles. The first-order chi connectivity index (χ1) is 10.2. The fourth-order valence-electron chi connectivity index (χ4n) is 1.74. The van der Waals surface area contributed by atoms with Gasteiger partial charge in [-0.1, -0.05) is 18.2 Å². The summed E-state index contributed by atoms with van der Waals surface area (Å²) in [4.78, 5) is 0. The van der Waals surface area contributed by atoms with Crippen LogP contribution < -0.4 is 9.47 Å². The molecule has 0 heterocycles. The van der Waals surface area contributed by atoms with Gasteiger partial charge in [0, 0.05) is 0 Å². The van der Waals surface area contributed by atoms with Gasteiger partial charge in [-0.3, -0.25) is 0 Å². The van der Waals surface area contributed by atoms with Gasteiger partial charge < -0.3 is 9.47 Å². The molecule has 0 fully saturated rings. The van der Waals surface area contributed by atoms with Gasteiger partial charge in [-0.05, 0) is 35.4 Å². The van der Waals surface area contributed by atoms with Crippen LogP contribution in [0.2, 0.25) is 0 Å². The molecule has 0 aliphatic carbocycles. The van der Waals surface area contributed by atoms with E-state index in [9.17, 15) is 26.3 Å². The molecule has 2 rings (SSSR count). The molecule has 118 valence electrons. The Morgan fingerprint density at radius 3 is 2.23 bits per heavy atom. The second-order valence-corrected chi connectivity index (χ2v) is 4.10. The lowest BCUT2D eigenvalue weighted by molar-refractivity contribution is -0.274. The van der Waals surface area contributed by atoms with E-state index in [1.165, 1.54) is 18.2 Å². The Hall–Kier alpha value is -2.38. The largest absolute Gasteiger partial charge is 0.573 e. The van der Waals surface area contributed by atoms with Crippen molar-refractivity contribution in [2.24, 2.45) is 0 Å². The van der Waals surface area contributed by atoms with Crippen molar-refractivity contribution in [1.29, 1.82) is 0 Å². The smallest absolute Gasteiger partial charge is 0.432 e. The minimum atomic E-state index is -4.86. The van der Waals surface area contributed by atoms with Crippen LogP contribution in [-0.2, 0) is 0 Å². The van der Waals surface area contributed by atoms with Crippen molar-refractivity contribution in [3.8, 4) is 22.6 Å². The summed E-state index contributed by atoms with van der Waals surface area (Å²) in [6.07, 6.45) is -4.86. The Morgan fingerprint density at radius 1 is 0.909 bits per heavy atom. The molecule has 2 aromatic rings. The molecule has 0 bridgehead atoms. The van der Waals surface area contributed by atoms with E-state index in [4.69, 9.17) is 0 Å². The van der Waals surface area contributed by atoms with Gasteiger partial charge in [-0.15, -0.1) is 13.2 Å². The van der Waals surface area contributed by atoms with E-state index in [1.54, 1.807) is 0 Å². The highest BCUT2D eigenvalue weighted by Gasteiger charge is 2.31. The summed E-state index contributed by atoms with van der Waals surface area (Å²) in [7, 11) is 0. The Bertz CT molecular complexity index is 654. The maximum atomic E-state index is 13.3. The standard InChI is InChI=1S/C14H8F6O2/c15-11-5-4-9(7-12(11)21-13(16)17)8-2-1-3-10(6-8)22-14(18,19)20/h1-7,13H. The average Bonchev–Trinajstić information content (AvgIpc) is 2.39. The van der Waals surface area contributed by atoms with Crippen LogP contribution in [0.5, 0.6) is 11.5 Å². The molecule has 8 heteroatoms. The highest BCUT2D eigenvalue weighted by molar-refractivity contribution is 5.66. The van der Waals surface area contributed by atoms with E-state index in [-0.39, 0.29) is 11.1 Å². The number of ether oxygens (including phenoxy) is 2. The van der Waals surface area contributed by atoms with Gasteiger partial charge in [0.2, 0.25) is 0 Å². The van der Waals surface area contributed by atoms with Crippen molar-refractivity contribution in [3.63, 3.8) is 0 Å². The molecule has 0 saturated carbocycles. The van der Waals surface area contributed by atoms with E-state index in [2.05, 4.69) is 9.47 Å². The van der Waals surface area contributed by atoms with Crippen molar-refractivity contribution in [1.82, 2.24) is 0 Å². The second-order valence-electron chi connectivity index (χ2n) is 4.10. The third-order valence-corrected chi connectivity index (χ3v) is 2.55. The number of benzene rings is 2. The van der Waals surface area contributed by atoms with Crippen LogP contribution in [0.4, 0.5) is 26.3 Å².